The van der Waals surface area contributed by atoms with Crippen LogP contribution in [0, 0.1) is 13.8 Å². The van der Waals surface area contributed by atoms with E-state index in [-0.39, 0.29) is 0 Å². The summed E-state index contributed by atoms with van der Waals surface area (Å²) in [6, 6.07) is 8.56. The van der Waals surface area contributed by atoms with Gasteiger partial charge in [0.1, 0.15) is 0 Å². The van der Waals surface area contributed by atoms with Crippen LogP contribution in [-0.2, 0) is 19.6 Å². The molecular weight excluding hydrogens is 240 g/mol. The van der Waals surface area contributed by atoms with Crippen LogP contribution in [0.15, 0.2) is 24.3 Å². The molecule has 2 heterocycles. The van der Waals surface area contributed by atoms with Gasteiger partial charge in [0.05, 0.1) is 0 Å². The highest BCUT2D eigenvalue weighted by Crippen LogP contribution is 2.30. The van der Waals surface area contributed by atoms with Crippen molar-refractivity contribution in [2.45, 2.75) is 33.5 Å². The maximum atomic E-state index is 6.03. The van der Waals surface area contributed by atoms with E-state index >= 15 is 0 Å². The van der Waals surface area contributed by atoms with Crippen LogP contribution in [0.2, 0.25) is 0 Å². The summed E-state index contributed by atoms with van der Waals surface area (Å²) in [5, 5.41) is 0. The molecule has 0 bridgehead atoms. The number of hydrogen-bond acceptors (Lipinski definition) is 3. The van der Waals surface area contributed by atoms with Gasteiger partial charge in [-0.3, -0.25) is 4.90 Å². The SMILES string of the molecule is Cc1cc(CN2Cc3cccc(N)c3C2)sc1C. The summed E-state index contributed by atoms with van der Waals surface area (Å²) in [6.07, 6.45) is 0. The van der Waals surface area contributed by atoms with Crippen LogP contribution in [-0.4, -0.2) is 4.90 Å². The lowest BCUT2D eigenvalue weighted by Crippen LogP contribution is -2.14. The minimum absolute atomic E-state index is 0.938. The molecule has 1 aromatic heterocycles. The summed E-state index contributed by atoms with van der Waals surface area (Å²) in [5.74, 6) is 0. The third-order valence-electron chi connectivity index (χ3n) is 3.68. The predicted octanol–water partition coefficient (Wildman–Crippen LogP) is 3.46. The smallest absolute Gasteiger partial charge is 0.0363 e. The first kappa shape index (κ1) is 11.8. The number of nitrogen functional groups attached to an aromatic ring is 1. The number of hydrogen-bond donors (Lipinski definition) is 1. The van der Waals surface area contributed by atoms with Crippen molar-refractivity contribution in [3.05, 3.63) is 50.7 Å². The molecule has 0 fully saturated rings. The third-order valence-corrected chi connectivity index (χ3v) is 4.82. The van der Waals surface area contributed by atoms with Gasteiger partial charge in [0.15, 0.2) is 0 Å². The van der Waals surface area contributed by atoms with E-state index in [1.165, 1.54) is 26.4 Å². The number of fused-ring (bicyclic) bond motifs is 1. The van der Waals surface area contributed by atoms with E-state index in [1.54, 1.807) is 0 Å². The quantitative estimate of drug-likeness (QED) is 0.836. The van der Waals surface area contributed by atoms with Gasteiger partial charge in [-0.25, -0.2) is 0 Å². The van der Waals surface area contributed by atoms with E-state index in [9.17, 15) is 0 Å². The molecule has 0 saturated heterocycles. The maximum absolute atomic E-state index is 6.03. The molecule has 1 aliphatic heterocycles. The van der Waals surface area contributed by atoms with Gasteiger partial charge in [0.2, 0.25) is 0 Å². The van der Waals surface area contributed by atoms with Gasteiger partial charge in [-0.1, -0.05) is 12.1 Å². The summed E-state index contributed by atoms with van der Waals surface area (Å²) in [4.78, 5) is 5.35. The fourth-order valence-electron chi connectivity index (χ4n) is 2.58. The van der Waals surface area contributed by atoms with Crippen molar-refractivity contribution in [2.24, 2.45) is 0 Å². The van der Waals surface area contributed by atoms with Crippen molar-refractivity contribution in [1.82, 2.24) is 4.90 Å². The molecule has 2 nitrogen and oxygen atoms in total. The number of anilines is 1. The lowest BCUT2D eigenvalue weighted by Gasteiger charge is -2.13. The average Bonchev–Trinajstić information content (AvgIpc) is 2.85. The van der Waals surface area contributed by atoms with E-state index in [2.05, 4.69) is 36.9 Å². The monoisotopic (exact) mass is 258 g/mol. The normalized spacial score (nSPS) is 15.0. The van der Waals surface area contributed by atoms with Crippen molar-refractivity contribution >= 4 is 17.0 Å². The molecule has 3 heteroatoms. The molecule has 0 saturated carbocycles. The molecule has 2 N–H and O–H groups in total. The van der Waals surface area contributed by atoms with Crippen LogP contribution in [0.3, 0.4) is 0 Å². The number of benzene rings is 1. The molecule has 94 valence electrons. The van der Waals surface area contributed by atoms with Gasteiger partial charge in [0.25, 0.3) is 0 Å². The first-order chi connectivity index (χ1) is 8.63. The molecule has 1 aliphatic rings. The molecule has 0 spiro atoms. The van der Waals surface area contributed by atoms with E-state index in [0.29, 0.717) is 0 Å². The Balaban J connectivity index is 1.76. The van der Waals surface area contributed by atoms with Crippen LogP contribution in [0.25, 0.3) is 0 Å². The van der Waals surface area contributed by atoms with Crippen LogP contribution in [0.1, 0.15) is 26.4 Å². The Morgan fingerprint density at radius 3 is 2.78 bits per heavy atom. The van der Waals surface area contributed by atoms with E-state index < -0.39 is 0 Å². The Hall–Kier alpha value is -1.32. The Bertz CT molecular complexity index is 567. The van der Waals surface area contributed by atoms with Crippen molar-refractivity contribution in [1.29, 1.82) is 0 Å². The zero-order valence-corrected chi connectivity index (χ0v) is 11.7. The standard InChI is InChI=1S/C15H18N2S/c1-10-6-13(18-11(10)2)8-17-7-12-4-3-5-15(16)14(12)9-17/h3-6H,7-9,16H2,1-2H3. The molecule has 0 atom stereocenters. The van der Waals surface area contributed by atoms with E-state index in [4.69, 9.17) is 5.73 Å². The lowest BCUT2D eigenvalue weighted by atomic mass is 10.1. The first-order valence-corrected chi connectivity index (χ1v) is 7.09. The molecular formula is C15H18N2S. The van der Waals surface area contributed by atoms with Crippen molar-refractivity contribution < 1.29 is 0 Å². The molecule has 18 heavy (non-hydrogen) atoms. The lowest BCUT2D eigenvalue weighted by molar-refractivity contribution is 0.278. The number of aryl methyl sites for hydroxylation is 2. The largest absolute Gasteiger partial charge is 0.398 e. The minimum Gasteiger partial charge on any atom is -0.398 e. The van der Waals surface area contributed by atoms with Crippen molar-refractivity contribution in [3.63, 3.8) is 0 Å². The summed E-state index contributed by atoms with van der Waals surface area (Å²) in [6.45, 7) is 7.42. The minimum atomic E-state index is 0.938. The van der Waals surface area contributed by atoms with Gasteiger partial charge in [0, 0.05) is 35.1 Å². The average molecular weight is 258 g/mol. The number of nitrogens with two attached hydrogens (primary N) is 1. The Morgan fingerprint density at radius 2 is 2.11 bits per heavy atom. The zero-order valence-electron chi connectivity index (χ0n) is 10.9. The summed E-state index contributed by atoms with van der Waals surface area (Å²) < 4.78 is 0. The highest BCUT2D eigenvalue weighted by Gasteiger charge is 2.21. The second-order valence-corrected chi connectivity index (χ2v) is 6.42. The van der Waals surface area contributed by atoms with Gasteiger partial charge in [-0.15, -0.1) is 11.3 Å². The first-order valence-electron chi connectivity index (χ1n) is 6.28. The van der Waals surface area contributed by atoms with Gasteiger partial charge >= 0.3 is 0 Å². The fraction of sp³-hybridized carbons (Fsp3) is 0.333. The number of nitrogens with zero attached hydrogens (tertiary/aromatic N) is 1. The second kappa shape index (κ2) is 4.41. The van der Waals surface area contributed by atoms with Crippen LogP contribution in [0.5, 0.6) is 0 Å². The van der Waals surface area contributed by atoms with Gasteiger partial charge in [-0.05, 0) is 42.7 Å². The topological polar surface area (TPSA) is 29.3 Å². The van der Waals surface area contributed by atoms with Gasteiger partial charge < -0.3 is 5.73 Å². The molecule has 3 rings (SSSR count). The van der Waals surface area contributed by atoms with Gasteiger partial charge in [-0.2, -0.15) is 0 Å². The van der Waals surface area contributed by atoms with Crippen LogP contribution < -0.4 is 5.73 Å². The molecule has 0 unspecified atom stereocenters. The number of rotatable bonds is 2. The molecule has 0 radical (unpaired) electrons. The fourth-order valence-corrected chi connectivity index (χ4v) is 3.67. The van der Waals surface area contributed by atoms with E-state index in [1.807, 2.05) is 17.4 Å². The summed E-state index contributed by atoms with van der Waals surface area (Å²) in [5.41, 5.74) is 11.1. The number of thiophene rings is 1. The molecule has 2 aromatic rings. The highest BCUT2D eigenvalue weighted by molar-refractivity contribution is 7.12. The summed E-state index contributed by atoms with van der Waals surface area (Å²) >= 11 is 1.91. The highest BCUT2D eigenvalue weighted by atomic mass is 32.1. The zero-order chi connectivity index (χ0) is 12.7. The van der Waals surface area contributed by atoms with E-state index in [0.717, 1.165) is 25.3 Å². The second-order valence-electron chi connectivity index (χ2n) is 5.08. The third kappa shape index (κ3) is 2.04. The van der Waals surface area contributed by atoms with Crippen molar-refractivity contribution in [2.75, 3.05) is 5.73 Å². The Morgan fingerprint density at radius 1 is 1.28 bits per heavy atom. The molecule has 0 aliphatic carbocycles. The van der Waals surface area contributed by atoms with Crippen LogP contribution >= 0.6 is 11.3 Å². The molecule has 1 aromatic carbocycles. The van der Waals surface area contributed by atoms with Crippen molar-refractivity contribution in [3.8, 4) is 0 Å². The van der Waals surface area contributed by atoms with Crippen LogP contribution in [0.4, 0.5) is 5.69 Å². The maximum Gasteiger partial charge on any atom is 0.0363 e. The Kier molecular flexibility index (Phi) is 2.88. The Labute approximate surface area is 112 Å². The molecule has 0 amide bonds. The predicted molar refractivity (Wildman–Crippen MR) is 77.6 cm³/mol. The summed E-state index contributed by atoms with van der Waals surface area (Å²) in [7, 11) is 0.